The zero-order chi connectivity index (χ0) is 15.3. The van der Waals surface area contributed by atoms with E-state index in [0.29, 0.717) is 0 Å². The Hall–Kier alpha value is -1.34. The minimum atomic E-state index is -0.864. The van der Waals surface area contributed by atoms with Crippen LogP contribution in [-0.4, -0.2) is 66.4 Å². The number of nitrogens with zero attached hydrogens (tertiary/aromatic N) is 1. The standard InChI is InChI=1S/C14H25N3O4/c1-11(10-17-5-7-21-8-6-17)15-13(20)16-14(3-2-4-14)9-12(18)19/h11H,2-10H2,1H3,(H,18,19)(H2,15,16,20). The fraction of sp³-hybridized carbons (Fsp3) is 0.857. The third kappa shape index (κ3) is 4.86. The fourth-order valence-electron chi connectivity index (χ4n) is 2.96. The van der Waals surface area contributed by atoms with Gasteiger partial charge in [-0.25, -0.2) is 4.79 Å². The molecule has 1 saturated heterocycles. The van der Waals surface area contributed by atoms with E-state index in [9.17, 15) is 9.59 Å². The predicted molar refractivity (Wildman–Crippen MR) is 77.2 cm³/mol. The number of urea groups is 1. The predicted octanol–water partition coefficient (Wildman–Crippen LogP) is 0.404. The number of amides is 2. The van der Waals surface area contributed by atoms with Crippen molar-refractivity contribution < 1.29 is 19.4 Å². The van der Waals surface area contributed by atoms with Crippen molar-refractivity contribution in [1.82, 2.24) is 15.5 Å². The number of hydrogen-bond donors (Lipinski definition) is 3. The number of rotatable bonds is 6. The molecule has 21 heavy (non-hydrogen) atoms. The van der Waals surface area contributed by atoms with Crippen molar-refractivity contribution in [2.75, 3.05) is 32.8 Å². The topological polar surface area (TPSA) is 90.9 Å². The van der Waals surface area contributed by atoms with Crippen molar-refractivity contribution in [3.8, 4) is 0 Å². The molecule has 0 radical (unpaired) electrons. The molecule has 2 rings (SSSR count). The van der Waals surface area contributed by atoms with Crippen LogP contribution in [0.4, 0.5) is 4.79 Å². The quantitative estimate of drug-likeness (QED) is 0.660. The van der Waals surface area contributed by atoms with E-state index in [1.165, 1.54) is 0 Å². The molecule has 2 amide bonds. The van der Waals surface area contributed by atoms with Crippen molar-refractivity contribution in [1.29, 1.82) is 0 Å². The van der Waals surface area contributed by atoms with E-state index in [1.807, 2.05) is 6.92 Å². The molecule has 0 aromatic rings. The van der Waals surface area contributed by atoms with Gasteiger partial charge in [-0.3, -0.25) is 9.69 Å². The summed E-state index contributed by atoms with van der Waals surface area (Å²) in [6.07, 6.45) is 2.45. The highest BCUT2D eigenvalue weighted by Crippen LogP contribution is 2.34. The molecule has 1 heterocycles. The Labute approximate surface area is 125 Å². The molecule has 2 aliphatic rings. The first-order valence-corrected chi connectivity index (χ1v) is 7.60. The first kappa shape index (κ1) is 16.0. The lowest BCUT2D eigenvalue weighted by molar-refractivity contribution is -0.139. The molecule has 7 heteroatoms. The highest BCUT2D eigenvalue weighted by molar-refractivity contribution is 5.77. The Bertz CT molecular complexity index is 378. The Kier molecular flexibility index (Phi) is 5.41. The SMILES string of the molecule is CC(CN1CCOCC1)NC(=O)NC1(CC(=O)O)CCC1. The summed E-state index contributed by atoms with van der Waals surface area (Å²) < 4.78 is 5.29. The summed E-state index contributed by atoms with van der Waals surface area (Å²) >= 11 is 0. The summed E-state index contributed by atoms with van der Waals surface area (Å²) in [6, 6.07) is -0.248. The van der Waals surface area contributed by atoms with Gasteiger partial charge >= 0.3 is 12.0 Å². The summed E-state index contributed by atoms with van der Waals surface area (Å²) in [5, 5.41) is 14.7. The van der Waals surface area contributed by atoms with E-state index in [1.54, 1.807) is 0 Å². The molecule has 0 aromatic carbocycles. The van der Waals surface area contributed by atoms with Crippen LogP contribution in [-0.2, 0) is 9.53 Å². The maximum Gasteiger partial charge on any atom is 0.315 e. The second-order valence-corrected chi connectivity index (χ2v) is 6.12. The number of morpholine rings is 1. The van der Waals surface area contributed by atoms with Crippen molar-refractivity contribution in [3.05, 3.63) is 0 Å². The van der Waals surface area contributed by atoms with Crippen LogP contribution in [0.15, 0.2) is 0 Å². The molecular weight excluding hydrogens is 274 g/mol. The van der Waals surface area contributed by atoms with Crippen molar-refractivity contribution in [2.45, 2.75) is 44.2 Å². The maximum atomic E-state index is 12.0. The summed E-state index contributed by atoms with van der Waals surface area (Å²) in [6.45, 7) is 5.98. The van der Waals surface area contributed by atoms with Crippen LogP contribution in [0.1, 0.15) is 32.6 Å². The average Bonchev–Trinajstić information content (AvgIpc) is 2.36. The molecule has 1 atom stereocenters. The number of nitrogens with one attached hydrogen (secondary N) is 2. The molecular formula is C14H25N3O4. The summed E-state index contributed by atoms with van der Waals surface area (Å²) in [5.41, 5.74) is -0.547. The highest BCUT2D eigenvalue weighted by Gasteiger charge is 2.40. The van der Waals surface area contributed by atoms with Gasteiger partial charge in [-0.05, 0) is 26.2 Å². The van der Waals surface area contributed by atoms with Crippen molar-refractivity contribution in [2.24, 2.45) is 0 Å². The van der Waals surface area contributed by atoms with E-state index in [0.717, 1.165) is 52.1 Å². The summed E-state index contributed by atoms with van der Waals surface area (Å²) in [4.78, 5) is 25.2. The summed E-state index contributed by atoms with van der Waals surface area (Å²) in [5.74, 6) is -0.864. The van der Waals surface area contributed by atoms with Gasteiger partial charge in [0.15, 0.2) is 0 Å². The Morgan fingerprint density at radius 3 is 2.52 bits per heavy atom. The smallest absolute Gasteiger partial charge is 0.315 e. The molecule has 1 aliphatic heterocycles. The van der Waals surface area contributed by atoms with E-state index in [4.69, 9.17) is 9.84 Å². The molecule has 0 bridgehead atoms. The molecule has 3 N–H and O–H groups in total. The van der Waals surface area contributed by atoms with Gasteiger partial charge in [0.05, 0.1) is 25.2 Å². The maximum absolute atomic E-state index is 12.0. The van der Waals surface area contributed by atoms with Gasteiger partial charge in [0.25, 0.3) is 0 Å². The monoisotopic (exact) mass is 299 g/mol. The number of aliphatic carboxylic acids is 1. The van der Waals surface area contributed by atoms with Gasteiger partial charge in [0, 0.05) is 25.7 Å². The Balaban J connectivity index is 1.73. The van der Waals surface area contributed by atoms with Crippen LogP contribution in [0.2, 0.25) is 0 Å². The van der Waals surface area contributed by atoms with Crippen LogP contribution >= 0.6 is 0 Å². The lowest BCUT2D eigenvalue weighted by Gasteiger charge is -2.41. The number of carbonyl (C=O) groups excluding carboxylic acids is 1. The van der Waals surface area contributed by atoms with Crippen molar-refractivity contribution >= 4 is 12.0 Å². The molecule has 7 nitrogen and oxygen atoms in total. The van der Waals surface area contributed by atoms with E-state index in [-0.39, 0.29) is 18.5 Å². The first-order valence-electron chi connectivity index (χ1n) is 7.60. The zero-order valence-corrected chi connectivity index (χ0v) is 12.6. The van der Waals surface area contributed by atoms with Gasteiger partial charge in [0.2, 0.25) is 0 Å². The van der Waals surface area contributed by atoms with Gasteiger partial charge in [-0.1, -0.05) is 0 Å². The van der Waals surface area contributed by atoms with Crippen LogP contribution in [0, 0.1) is 0 Å². The lowest BCUT2D eigenvalue weighted by Crippen LogP contribution is -2.59. The molecule has 1 saturated carbocycles. The first-order chi connectivity index (χ1) is 9.99. The summed E-state index contributed by atoms with van der Waals surface area (Å²) in [7, 11) is 0. The van der Waals surface area contributed by atoms with Crippen LogP contribution < -0.4 is 10.6 Å². The molecule has 120 valence electrons. The van der Waals surface area contributed by atoms with Crippen molar-refractivity contribution in [3.63, 3.8) is 0 Å². The third-order valence-electron chi connectivity index (χ3n) is 4.19. The molecule has 2 fully saturated rings. The molecule has 0 aromatic heterocycles. The average molecular weight is 299 g/mol. The van der Waals surface area contributed by atoms with Crippen LogP contribution in [0.3, 0.4) is 0 Å². The van der Waals surface area contributed by atoms with Gasteiger partial charge in [-0.15, -0.1) is 0 Å². The second-order valence-electron chi connectivity index (χ2n) is 6.12. The minimum absolute atomic E-state index is 0.00172. The van der Waals surface area contributed by atoms with Gasteiger partial charge < -0.3 is 20.5 Å². The molecule has 0 spiro atoms. The third-order valence-corrected chi connectivity index (χ3v) is 4.19. The number of carboxylic acids is 1. The van der Waals surface area contributed by atoms with Gasteiger partial charge in [0.1, 0.15) is 0 Å². The number of hydrogen-bond acceptors (Lipinski definition) is 4. The van der Waals surface area contributed by atoms with E-state index in [2.05, 4.69) is 15.5 Å². The number of carbonyl (C=O) groups is 2. The minimum Gasteiger partial charge on any atom is -0.481 e. The molecule has 1 unspecified atom stereocenters. The van der Waals surface area contributed by atoms with E-state index >= 15 is 0 Å². The number of ether oxygens (including phenoxy) is 1. The zero-order valence-electron chi connectivity index (χ0n) is 12.6. The number of carboxylic acid groups (broad SMARTS) is 1. The second kappa shape index (κ2) is 7.09. The molecule has 1 aliphatic carbocycles. The lowest BCUT2D eigenvalue weighted by atomic mass is 9.74. The van der Waals surface area contributed by atoms with Crippen LogP contribution in [0.25, 0.3) is 0 Å². The highest BCUT2D eigenvalue weighted by atomic mass is 16.5. The fourth-order valence-corrected chi connectivity index (χ4v) is 2.96. The normalized spacial score (nSPS) is 22.9. The Morgan fingerprint density at radius 2 is 2.00 bits per heavy atom. The largest absolute Gasteiger partial charge is 0.481 e. The van der Waals surface area contributed by atoms with Crippen LogP contribution in [0.5, 0.6) is 0 Å². The van der Waals surface area contributed by atoms with Gasteiger partial charge in [-0.2, -0.15) is 0 Å². The van der Waals surface area contributed by atoms with E-state index < -0.39 is 11.5 Å². The Morgan fingerprint density at radius 1 is 1.33 bits per heavy atom.